The van der Waals surface area contributed by atoms with Crippen LogP contribution in [0.1, 0.15) is 18.9 Å². The first-order chi connectivity index (χ1) is 8.52. The molecule has 18 heavy (non-hydrogen) atoms. The molecule has 0 radical (unpaired) electrons. The Kier molecular flexibility index (Phi) is 6.68. The maximum Gasteiger partial charge on any atom is 0.224 e. The fourth-order valence-electron chi connectivity index (χ4n) is 1.51. The number of aliphatic hydroxyl groups is 1. The molecule has 5 heteroatoms. The van der Waals surface area contributed by atoms with E-state index in [0.29, 0.717) is 24.4 Å². The van der Waals surface area contributed by atoms with Crippen LogP contribution < -0.4 is 5.32 Å². The number of rotatable bonds is 6. The van der Waals surface area contributed by atoms with Crippen LogP contribution in [0.3, 0.4) is 0 Å². The summed E-state index contributed by atoms with van der Waals surface area (Å²) in [7, 11) is 0. The van der Waals surface area contributed by atoms with E-state index in [4.69, 9.17) is 16.7 Å². The maximum absolute atomic E-state index is 11.7. The minimum absolute atomic E-state index is 0.0252. The van der Waals surface area contributed by atoms with Crippen molar-refractivity contribution in [2.24, 2.45) is 5.92 Å². The smallest absolute Gasteiger partial charge is 0.224 e. The van der Waals surface area contributed by atoms with Crippen molar-refractivity contribution >= 4 is 33.4 Å². The summed E-state index contributed by atoms with van der Waals surface area (Å²) in [6.45, 7) is 2.74. The highest BCUT2D eigenvalue weighted by Gasteiger charge is 2.08. The largest absolute Gasteiger partial charge is 0.396 e. The third-order valence-corrected chi connectivity index (χ3v) is 3.61. The van der Waals surface area contributed by atoms with Gasteiger partial charge in [-0.25, -0.2) is 0 Å². The van der Waals surface area contributed by atoms with Gasteiger partial charge >= 0.3 is 0 Å². The average Bonchev–Trinajstić information content (AvgIpc) is 2.31. The maximum atomic E-state index is 11.7. The third kappa shape index (κ3) is 5.38. The molecule has 0 heterocycles. The minimum atomic E-state index is -0.0252. The number of nitrogens with one attached hydrogen (secondary N) is 1. The van der Waals surface area contributed by atoms with E-state index in [9.17, 15) is 4.79 Å². The molecule has 1 unspecified atom stereocenters. The van der Waals surface area contributed by atoms with Gasteiger partial charge in [0.05, 0.1) is 6.42 Å². The molecule has 0 aliphatic carbocycles. The lowest BCUT2D eigenvalue weighted by atomic mass is 10.1. The monoisotopic (exact) mass is 333 g/mol. The molecule has 0 aromatic heterocycles. The zero-order valence-corrected chi connectivity index (χ0v) is 12.6. The van der Waals surface area contributed by atoms with Crippen molar-refractivity contribution < 1.29 is 9.90 Å². The fourth-order valence-corrected chi connectivity index (χ4v) is 2.33. The molecule has 0 aliphatic heterocycles. The zero-order chi connectivity index (χ0) is 13.5. The second-order valence-electron chi connectivity index (χ2n) is 4.33. The Hall–Kier alpha value is -0.580. The Morgan fingerprint density at radius 2 is 2.28 bits per heavy atom. The standard InChI is InChI=1S/C13H17BrClNO2/c1-9(4-5-17)8-16-13(18)6-10-2-3-11(15)7-12(10)14/h2-3,7,9,17H,4-6,8H2,1H3,(H,16,18). The molecule has 0 bridgehead atoms. The Morgan fingerprint density at radius 1 is 1.56 bits per heavy atom. The van der Waals surface area contributed by atoms with Crippen molar-refractivity contribution in [3.8, 4) is 0 Å². The quantitative estimate of drug-likeness (QED) is 0.840. The molecule has 2 N–H and O–H groups in total. The SMILES string of the molecule is CC(CCO)CNC(=O)Cc1ccc(Cl)cc1Br. The number of benzene rings is 1. The van der Waals surface area contributed by atoms with E-state index in [1.54, 1.807) is 12.1 Å². The first-order valence-electron chi connectivity index (χ1n) is 5.84. The van der Waals surface area contributed by atoms with Gasteiger partial charge in [-0.2, -0.15) is 0 Å². The second kappa shape index (κ2) is 7.77. The van der Waals surface area contributed by atoms with Crippen LogP contribution in [-0.4, -0.2) is 24.2 Å². The molecule has 0 saturated carbocycles. The lowest BCUT2D eigenvalue weighted by molar-refractivity contribution is -0.120. The van der Waals surface area contributed by atoms with E-state index >= 15 is 0 Å². The van der Waals surface area contributed by atoms with Crippen molar-refractivity contribution in [1.29, 1.82) is 0 Å². The molecule has 3 nitrogen and oxygen atoms in total. The Balaban J connectivity index is 2.44. The van der Waals surface area contributed by atoms with Gasteiger partial charge in [-0.1, -0.05) is 40.5 Å². The van der Waals surface area contributed by atoms with Crippen LogP contribution in [0.25, 0.3) is 0 Å². The van der Waals surface area contributed by atoms with Crippen molar-refractivity contribution in [3.63, 3.8) is 0 Å². The van der Waals surface area contributed by atoms with Gasteiger partial charge in [-0.05, 0) is 30.0 Å². The van der Waals surface area contributed by atoms with Crippen LogP contribution in [0.15, 0.2) is 22.7 Å². The normalized spacial score (nSPS) is 12.2. The highest BCUT2D eigenvalue weighted by molar-refractivity contribution is 9.10. The molecule has 100 valence electrons. The molecule has 1 atom stereocenters. The molecule has 0 aliphatic rings. The van der Waals surface area contributed by atoms with Gasteiger partial charge in [0, 0.05) is 22.6 Å². The van der Waals surface area contributed by atoms with Gasteiger partial charge < -0.3 is 10.4 Å². The highest BCUT2D eigenvalue weighted by Crippen LogP contribution is 2.21. The minimum Gasteiger partial charge on any atom is -0.396 e. The summed E-state index contributed by atoms with van der Waals surface area (Å²) in [5.41, 5.74) is 0.909. The third-order valence-electron chi connectivity index (χ3n) is 2.64. The lowest BCUT2D eigenvalue weighted by Crippen LogP contribution is -2.30. The van der Waals surface area contributed by atoms with Gasteiger partial charge in [0.25, 0.3) is 0 Å². The molecular weight excluding hydrogens is 318 g/mol. The molecule has 1 rings (SSSR count). The first-order valence-corrected chi connectivity index (χ1v) is 7.01. The van der Waals surface area contributed by atoms with E-state index in [1.165, 1.54) is 0 Å². The van der Waals surface area contributed by atoms with Crippen molar-refractivity contribution in [3.05, 3.63) is 33.3 Å². The number of halogens is 2. The Bertz CT molecular complexity index is 412. The van der Waals surface area contributed by atoms with E-state index < -0.39 is 0 Å². The van der Waals surface area contributed by atoms with E-state index in [1.807, 2.05) is 13.0 Å². The van der Waals surface area contributed by atoms with Crippen LogP contribution in [0, 0.1) is 5.92 Å². The zero-order valence-electron chi connectivity index (χ0n) is 10.2. The van der Waals surface area contributed by atoms with Gasteiger partial charge in [0.1, 0.15) is 0 Å². The summed E-state index contributed by atoms with van der Waals surface area (Å²) >= 11 is 9.22. The van der Waals surface area contributed by atoms with Gasteiger partial charge in [0.15, 0.2) is 0 Å². The number of carbonyl (C=O) groups excluding carboxylic acids is 1. The summed E-state index contributed by atoms with van der Waals surface area (Å²) in [6.07, 6.45) is 1.02. The molecule has 0 fully saturated rings. The van der Waals surface area contributed by atoms with Gasteiger partial charge in [0.2, 0.25) is 5.91 Å². The van der Waals surface area contributed by atoms with E-state index in [0.717, 1.165) is 10.0 Å². The van der Waals surface area contributed by atoms with Crippen LogP contribution in [0.2, 0.25) is 5.02 Å². The van der Waals surface area contributed by atoms with Crippen molar-refractivity contribution in [1.82, 2.24) is 5.32 Å². The summed E-state index contributed by atoms with van der Waals surface area (Å²) in [5.74, 6) is 0.260. The fraction of sp³-hybridized carbons (Fsp3) is 0.462. The predicted octanol–water partition coefficient (Wildman–Crippen LogP) is 2.78. The van der Waals surface area contributed by atoms with E-state index in [2.05, 4.69) is 21.2 Å². The summed E-state index contributed by atoms with van der Waals surface area (Å²) in [4.78, 5) is 11.7. The Morgan fingerprint density at radius 3 is 2.89 bits per heavy atom. The number of amides is 1. The lowest BCUT2D eigenvalue weighted by Gasteiger charge is -2.11. The number of carbonyl (C=O) groups is 1. The van der Waals surface area contributed by atoms with Crippen LogP contribution in [0.4, 0.5) is 0 Å². The van der Waals surface area contributed by atoms with Crippen LogP contribution in [0.5, 0.6) is 0 Å². The molecule has 1 amide bonds. The Labute approximate surface area is 121 Å². The molecular formula is C13H17BrClNO2. The predicted molar refractivity (Wildman–Crippen MR) is 76.7 cm³/mol. The van der Waals surface area contributed by atoms with Gasteiger partial charge in [-0.15, -0.1) is 0 Å². The number of hydrogen-bond acceptors (Lipinski definition) is 2. The molecule has 1 aromatic rings. The molecule has 0 spiro atoms. The molecule has 1 aromatic carbocycles. The number of aliphatic hydroxyl groups excluding tert-OH is 1. The highest BCUT2D eigenvalue weighted by atomic mass is 79.9. The second-order valence-corrected chi connectivity index (χ2v) is 5.62. The van der Waals surface area contributed by atoms with Crippen molar-refractivity contribution in [2.75, 3.05) is 13.2 Å². The summed E-state index contributed by atoms with van der Waals surface area (Å²) < 4.78 is 0.841. The molecule has 0 saturated heterocycles. The van der Waals surface area contributed by atoms with Crippen LogP contribution >= 0.6 is 27.5 Å². The van der Waals surface area contributed by atoms with Crippen molar-refractivity contribution in [2.45, 2.75) is 19.8 Å². The summed E-state index contributed by atoms with van der Waals surface area (Å²) in [5, 5.41) is 12.3. The van der Waals surface area contributed by atoms with Gasteiger partial charge in [-0.3, -0.25) is 4.79 Å². The average molecular weight is 335 g/mol. The first kappa shape index (κ1) is 15.5. The van der Waals surface area contributed by atoms with E-state index in [-0.39, 0.29) is 18.4 Å². The number of hydrogen-bond donors (Lipinski definition) is 2. The summed E-state index contributed by atoms with van der Waals surface area (Å²) in [6, 6.07) is 5.38. The topological polar surface area (TPSA) is 49.3 Å². The van der Waals surface area contributed by atoms with Crippen LogP contribution in [-0.2, 0) is 11.2 Å².